The van der Waals surface area contributed by atoms with Gasteiger partial charge in [-0.3, -0.25) is 9.59 Å². The van der Waals surface area contributed by atoms with Crippen LogP contribution in [0.3, 0.4) is 0 Å². The molecule has 2 saturated carbocycles. The van der Waals surface area contributed by atoms with E-state index in [0.717, 1.165) is 19.3 Å². The van der Waals surface area contributed by atoms with Crippen molar-refractivity contribution in [2.45, 2.75) is 19.3 Å². The second-order valence-corrected chi connectivity index (χ2v) is 8.93. The number of benzene rings is 2. The van der Waals surface area contributed by atoms with Crippen molar-refractivity contribution in [2.75, 3.05) is 0 Å². The van der Waals surface area contributed by atoms with E-state index >= 15 is 0 Å². The molecule has 0 amide bonds. The normalized spacial score (nSPS) is 26.4. The van der Waals surface area contributed by atoms with E-state index < -0.39 is 0 Å². The number of carbonyl (C=O) groups is 2. The molecule has 0 unspecified atom stereocenters. The van der Waals surface area contributed by atoms with Gasteiger partial charge in [0.1, 0.15) is 0 Å². The van der Waals surface area contributed by atoms with Crippen LogP contribution in [-0.4, -0.2) is 11.6 Å². The highest BCUT2D eigenvalue weighted by atomic mass is 35.5. The molecule has 0 heterocycles. The summed E-state index contributed by atoms with van der Waals surface area (Å²) in [5.41, 5.74) is 1.01. The Morgan fingerprint density at radius 1 is 0.667 bits per heavy atom. The van der Waals surface area contributed by atoms with Crippen LogP contribution in [0.15, 0.2) is 36.4 Å². The zero-order chi connectivity index (χ0) is 19.3. The summed E-state index contributed by atoms with van der Waals surface area (Å²) in [6.07, 6.45) is 3.01. The summed E-state index contributed by atoms with van der Waals surface area (Å²) < 4.78 is 0. The van der Waals surface area contributed by atoms with E-state index in [4.69, 9.17) is 46.4 Å². The monoisotopic (exact) mass is 440 g/mol. The lowest BCUT2D eigenvalue weighted by atomic mass is 9.54. The van der Waals surface area contributed by atoms with Gasteiger partial charge in [-0.05, 0) is 61.1 Å². The summed E-state index contributed by atoms with van der Waals surface area (Å²) in [4.78, 5) is 26.4. The van der Waals surface area contributed by atoms with E-state index in [-0.39, 0.29) is 35.2 Å². The number of carbonyl (C=O) groups excluding carboxylic acids is 2. The molecule has 0 aliphatic heterocycles. The number of hydrogen-bond acceptors (Lipinski definition) is 2. The fourth-order valence-electron chi connectivity index (χ4n) is 4.70. The summed E-state index contributed by atoms with van der Waals surface area (Å²) in [6.45, 7) is 0. The van der Waals surface area contributed by atoms with Crippen LogP contribution in [0.4, 0.5) is 0 Å². The van der Waals surface area contributed by atoms with Crippen molar-refractivity contribution in [1.82, 2.24) is 0 Å². The number of fused-ring (bicyclic) bond motifs is 1. The Labute approximate surface area is 177 Å². The largest absolute Gasteiger partial charge is 0.294 e. The molecule has 6 heteroatoms. The van der Waals surface area contributed by atoms with E-state index in [9.17, 15) is 9.59 Å². The van der Waals surface area contributed by atoms with Crippen molar-refractivity contribution < 1.29 is 9.59 Å². The lowest BCUT2D eigenvalue weighted by Gasteiger charge is -2.47. The van der Waals surface area contributed by atoms with E-state index in [2.05, 4.69) is 0 Å². The van der Waals surface area contributed by atoms with Crippen LogP contribution in [0.5, 0.6) is 0 Å². The maximum absolute atomic E-state index is 13.2. The van der Waals surface area contributed by atoms with E-state index in [1.165, 1.54) is 0 Å². The number of ketones is 2. The number of halogens is 4. The van der Waals surface area contributed by atoms with Crippen molar-refractivity contribution in [3.05, 3.63) is 67.6 Å². The first kappa shape index (κ1) is 19.3. The maximum atomic E-state index is 13.2. The first-order valence-electron chi connectivity index (χ1n) is 8.87. The lowest BCUT2D eigenvalue weighted by molar-refractivity contribution is 0.0130. The molecule has 2 aliphatic carbocycles. The minimum atomic E-state index is -0.323. The Hall–Kier alpha value is -1.06. The third-order valence-electron chi connectivity index (χ3n) is 5.95. The molecule has 2 nitrogen and oxygen atoms in total. The number of Topliss-reactive ketones (excluding diaryl/α,β-unsaturated/α-hetero) is 2. The summed E-state index contributed by atoms with van der Waals surface area (Å²) in [5, 5.41) is 1.50. The van der Waals surface area contributed by atoms with Crippen LogP contribution >= 0.6 is 46.4 Å². The number of hydrogen-bond donors (Lipinski definition) is 0. The average molecular weight is 442 g/mol. The van der Waals surface area contributed by atoms with E-state index in [0.29, 0.717) is 31.2 Å². The molecule has 0 N–H and O–H groups in total. The van der Waals surface area contributed by atoms with Crippen molar-refractivity contribution in [1.29, 1.82) is 0 Å². The Morgan fingerprint density at radius 2 is 1.07 bits per heavy atom. The third kappa shape index (κ3) is 3.31. The predicted molar refractivity (Wildman–Crippen MR) is 109 cm³/mol. The molecule has 2 aromatic rings. The van der Waals surface area contributed by atoms with Gasteiger partial charge in [0.05, 0.1) is 20.1 Å². The van der Waals surface area contributed by atoms with Crippen molar-refractivity contribution >= 4 is 58.0 Å². The van der Waals surface area contributed by atoms with Gasteiger partial charge in [0.2, 0.25) is 0 Å². The molecule has 2 aliphatic rings. The SMILES string of the molecule is O=C(c1ccc(Cl)c(Cl)c1)[C@@H]1[C@H]2CCC[C@H]2[C@@H]1C(=O)c1ccc(Cl)c(Cl)c1. The summed E-state index contributed by atoms with van der Waals surface area (Å²) in [7, 11) is 0. The topological polar surface area (TPSA) is 34.1 Å². The van der Waals surface area contributed by atoms with Gasteiger partial charge in [0, 0.05) is 23.0 Å². The van der Waals surface area contributed by atoms with E-state index in [1.54, 1.807) is 36.4 Å². The molecule has 27 heavy (non-hydrogen) atoms. The fraction of sp³-hybridized carbons (Fsp3) is 0.333. The first-order valence-corrected chi connectivity index (χ1v) is 10.4. The minimum Gasteiger partial charge on any atom is -0.294 e. The molecule has 0 aromatic heterocycles. The Morgan fingerprint density at radius 3 is 1.44 bits per heavy atom. The standard InChI is InChI=1S/C21H16Cl4O2/c22-14-6-4-10(8-16(14)24)20(26)18-12-2-1-3-13(12)19(18)21(27)11-5-7-15(23)17(25)9-11/h4-9,12-13,18-19H,1-3H2/t12-,13+,18+,19-. The Bertz CT molecular complexity index is 864. The van der Waals surface area contributed by atoms with Gasteiger partial charge in [-0.1, -0.05) is 52.8 Å². The van der Waals surface area contributed by atoms with Gasteiger partial charge in [0.25, 0.3) is 0 Å². The minimum absolute atomic E-state index is 0.0323. The van der Waals surface area contributed by atoms with Crippen LogP contribution in [0, 0.1) is 23.7 Å². The van der Waals surface area contributed by atoms with Crippen LogP contribution in [0.25, 0.3) is 0 Å². The van der Waals surface area contributed by atoms with Crippen molar-refractivity contribution in [3.63, 3.8) is 0 Å². The molecule has 0 radical (unpaired) electrons. The maximum Gasteiger partial charge on any atom is 0.167 e. The third-order valence-corrected chi connectivity index (χ3v) is 7.43. The van der Waals surface area contributed by atoms with Gasteiger partial charge in [-0.25, -0.2) is 0 Å². The van der Waals surface area contributed by atoms with Crippen LogP contribution in [-0.2, 0) is 0 Å². The fourth-order valence-corrected chi connectivity index (χ4v) is 5.29. The van der Waals surface area contributed by atoms with E-state index in [1.807, 2.05) is 0 Å². The molecule has 0 spiro atoms. The predicted octanol–water partition coefficient (Wildman–Crippen LogP) is 7.03. The molecule has 4 rings (SSSR count). The van der Waals surface area contributed by atoms with Crippen LogP contribution < -0.4 is 0 Å². The zero-order valence-corrected chi connectivity index (χ0v) is 17.2. The summed E-state index contributed by atoms with van der Waals surface area (Å²) in [5.74, 6) is -0.203. The Kier molecular flexibility index (Phi) is 5.28. The van der Waals surface area contributed by atoms with Gasteiger partial charge in [-0.2, -0.15) is 0 Å². The average Bonchev–Trinajstić information content (AvgIpc) is 3.02. The van der Waals surface area contributed by atoms with Gasteiger partial charge < -0.3 is 0 Å². The highest BCUT2D eigenvalue weighted by Gasteiger charge is 2.58. The Balaban J connectivity index is 1.66. The second-order valence-electron chi connectivity index (χ2n) is 7.30. The highest BCUT2D eigenvalue weighted by molar-refractivity contribution is 6.42. The molecule has 4 atom stereocenters. The van der Waals surface area contributed by atoms with Gasteiger partial charge >= 0.3 is 0 Å². The smallest absolute Gasteiger partial charge is 0.167 e. The van der Waals surface area contributed by atoms with Crippen molar-refractivity contribution in [2.24, 2.45) is 23.7 Å². The molecular weight excluding hydrogens is 426 g/mol. The van der Waals surface area contributed by atoms with Crippen LogP contribution in [0.1, 0.15) is 40.0 Å². The van der Waals surface area contributed by atoms with Gasteiger partial charge in [0.15, 0.2) is 11.6 Å². The molecular formula is C21H16Cl4O2. The number of rotatable bonds is 4. The molecule has 140 valence electrons. The molecule has 2 aromatic carbocycles. The van der Waals surface area contributed by atoms with Crippen molar-refractivity contribution in [3.8, 4) is 0 Å². The van der Waals surface area contributed by atoms with Crippen LogP contribution in [0.2, 0.25) is 20.1 Å². The molecule has 0 bridgehead atoms. The quantitative estimate of drug-likeness (QED) is 0.477. The summed E-state index contributed by atoms with van der Waals surface area (Å²) >= 11 is 24.1. The second kappa shape index (κ2) is 7.40. The molecule has 0 saturated heterocycles. The zero-order valence-electron chi connectivity index (χ0n) is 14.2. The summed E-state index contributed by atoms with van der Waals surface area (Å²) in [6, 6.07) is 9.79. The van der Waals surface area contributed by atoms with Gasteiger partial charge in [-0.15, -0.1) is 0 Å². The highest BCUT2D eigenvalue weighted by Crippen LogP contribution is 2.57. The lowest BCUT2D eigenvalue weighted by Crippen LogP contribution is -2.51. The first-order chi connectivity index (χ1) is 12.9. The molecule has 2 fully saturated rings.